The summed E-state index contributed by atoms with van der Waals surface area (Å²) in [4.78, 5) is 3.27. The number of nitrogens with zero attached hydrogens (tertiary/aromatic N) is 1. The number of nitrogens with one attached hydrogen (secondary N) is 3. The second-order valence-electron chi connectivity index (χ2n) is 8.46. The number of hydrazone groups is 1. The lowest BCUT2D eigenvalue weighted by Crippen LogP contribution is -2.61. The zero-order valence-corrected chi connectivity index (χ0v) is 17.0. The Hall–Kier alpha value is -1.40. The van der Waals surface area contributed by atoms with E-state index < -0.39 is 0 Å². The SMILES string of the molecule is S=C(NN=Cc1c[nH]c2ccc(Br)cc12)NC12CC3CC(CC(C3)C1)C2. The maximum Gasteiger partial charge on any atom is 0.187 e. The number of thiocarbonyl (C=S) groups is 1. The van der Waals surface area contributed by atoms with Gasteiger partial charge >= 0.3 is 0 Å². The molecule has 0 unspecified atom stereocenters. The molecule has 26 heavy (non-hydrogen) atoms. The van der Waals surface area contributed by atoms with Crippen LogP contribution in [0.15, 0.2) is 34.0 Å². The summed E-state index contributed by atoms with van der Waals surface area (Å²) in [6.45, 7) is 0. The molecule has 4 nitrogen and oxygen atoms in total. The quantitative estimate of drug-likeness (QED) is 0.375. The van der Waals surface area contributed by atoms with Gasteiger partial charge in [-0.25, -0.2) is 0 Å². The largest absolute Gasteiger partial charge is 0.361 e. The summed E-state index contributed by atoms with van der Waals surface area (Å²) in [5, 5.41) is 9.82. The van der Waals surface area contributed by atoms with Crippen molar-refractivity contribution in [2.45, 2.75) is 44.1 Å². The summed E-state index contributed by atoms with van der Waals surface area (Å²) < 4.78 is 1.06. The highest BCUT2D eigenvalue weighted by atomic mass is 79.9. The molecule has 4 fully saturated rings. The van der Waals surface area contributed by atoms with Crippen molar-refractivity contribution >= 4 is 50.4 Å². The molecule has 4 aliphatic carbocycles. The molecule has 0 atom stereocenters. The lowest BCUT2D eigenvalue weighted by Gasteiger charge is -2.57. The van der Waals surface area contributed by atoms with Crippen LogP contribution < -0.4 is 10.7 Å². The van der Waals surface area contributed by atoms with Gasteiger partial charge in [0.05, 0.1) is 6.21 Å². The number of halogens is 1. The monoisotopic (exact) mass is 430 g/mol. The Morgan fingerprint density at radius 1 is 1.19 bits per heavy atom. The first-order valence-corrected chi connectivity index (χ1v) is 10.7. The molecule has 0 spiro atoms. The Balaban J connectivity index is 1.25. The minimum Gasteiger partial charge on any atom is -0.361 e. The second kappa shape index (κ2) is 6.34. The van der Waals surface area contributed by atoms with Gasteiger partial charge in [-0.05, 0) is 86.7 Å². The van der Waals surface area contributed by atoms with Gasteiger partial charge < -0.3 is 10.3 Å². The molecule has 0 aliphatic heterocycles. The Morgan fingerprint density at radius 2 is 1.88 bits per heavy atom. The Morgan fingerprint density at radius 3 is 2.58 bits per heavy atom. The summed E-state index contributed by atoms with van der Waals surface area (Å²) in [5.41, 5.74) is 5.41. The molecule has 1 aromatic heterocycles. The number of rotatable bonds is 3. The number of aromatic nitrogens is 1. The topological polar surface area (TPSA) is 52.2 Å². The molecule has 4 saturated carbocycles. The van der Waals surface area contributed by atoms with Gasteiger partial charge in [-0.1, -0.05) is 15.9 Å². The molecule has 136 valence electrons. The average molecular weight is 431 g/mol. The lowest BCUT2D eigenvalue weighted by molar-refractivity contribution is -0.0101. The number of fused-ring (bicyclic) bond motifs is 1. The van der Waals surface area contributed by atoms with Crippen LogP contribution in [0.5, 0.6) is 0 Å². The van der Waals surface area contributed by atoms with E-state index in [9.17, 15) is 0 Å². The van der Waals surface area contributed by atoms with E-state index in [2.05, 4.69) is 48.9 Å². The van der Waals surface area contributed by atoms with E-state index in [4.69, 9.17) is 12.2 Å². The summed E-state index contributed by atoms with van der Waals surface area (Å²) in [6, 6.07) is 6.19. The van der Waals surface area contributed by atoms with Crippen LogP contribution >= 0.6 is 28.1 Å². The fourth-order valence-electron chi connectivity index (χ4n) is 5.91. The molecule has 4 bridgehead atoms. The summed E-state index contributed by atoms with van der Waals surface area (Å²) in [6.07, 6.45) is 12.0. The van der Waals surface area contributed by atoms with Crippen molar-refractivity contribution in [3.8, 4) is 0 Å². The Kier molecular flexibility index (Phi) is 4.09. The molecule has 6 rings (SSSR count). The molecule has 2 aromatic rings. The van der Waals surface area contributed by atoms with Crippen molar-refractivity contribution in [3.05, 3.63) is 34.4 Å². The van der Waals surface area contributed by atoms with Gasteiger partial charge in [0.25, 0.3) is 0 Å². The van der Waals surface area contributed by atoms with Crippen molar-refractivity contribution in [1.82, 2.24) is 15.7 Å². The molecule has 1 heterocycles. The van der Waals surface area contributed by atoms with Crippen molar-refractivity contribution in [1.29, 1.82) is 0 Å². The summed E-state index contributed by atoms with van der Waals surface area (Å²) in [7, 11) is 0. The number of hydrogen-bond donors (Lipinski definition) is 3. The fourth-order valence-corrected chi connectivity index (χ4v) is 6.54. The number of H-pyrrole nitrogens is 1. The van der Waals surface area contributed by atoms with E-state index in [0.29, 0.717) is 5.11 Å². The molecule has 0 saturated heterocycles. The predicted molar refractivity (Wildman–Crippen MR) is 113 cm³/mol. The number of hydrogen-bond acceptors (Lipinski definition) is 2. The smallest absolute Gasteiger partial charge is 0.187 e. The average Bonchev–Trinajstić information content (AvgIpc) is 2.95. The van der Waals surface area contributed by atoms with Crippen LogP contribution in [0.25, 0.3) is 10.9 Å². The molecule has 1 aromatic carbocycles. The first-order chi connectivity index (χ1) is 12.6. The van der Waals surface area contributed by atoms with Gasteiger partial charge in [0.15, 0.2) is 5.11 Å². The molecule has 6 heteroatoms. The maximum absolute atomic E-state index is 5.55. The second-order valence-corrected chi connectivity index (χ2v) is 9.78. The van der Waals surface area contributed by atoms with E-state index in [-0.39, 0.29) is 5.54 Å². The van der Waals surface area contributed by atoms with E-state index in [0.717, 1.165) is 38.7 Å². The molecule has 3 N–H and O–H groups in total. The highest BCUT2D eigenvalue weighted by Gasteiger charge is 2.51. The zero-order chi connectivity index (χ0) is 17.7. The zero-order valence-electron chi connectivity index (χ0n) is 14.6. The highest BCUT2D eigenvalue weighted by molar-refractivity contribution is 9.10. The summed E-state index contributed by atoms with van der Waals surface area (Å²) >= 11 is 9.07. The molecular weight excluding hydrogens is 408 g/mol. The molecule has 0 radical (unpaired) electrons. The third kappa shape index (κ3) is 3.07. The number of benzene rings is 1. The minimum absolute atomic E-state index is 0.222. The van der Waals surface area contributed by atoms with Crippen LogP contribution in [-0.4, -0.2) is 21.8 Å². The van der Waals surface area contributed by atoms with E-state index in [1.807, 2.05) is 18.5 Å². The predicted octanol–water partition coefficient (Wildman–Crippen LogP) is 4.70. The van der Waals surface area contributed by atoms with Crippen molar-refractivity contribution in [2.75, 3.05) is 0 Å². The molecular formula is C20H23BrN4S. The van der Waals surface area contributed by atoms with Crippen LogP contribution in [0.3, 0.4) is 0 Å². The minimum atomic E-state index is 0.222. The Bertz CT molecular complexity index is 852. The van der Waals surface area contributed by atoms with Gasteiger partial charge in [0.1, 0.15) is 0 Å². The standard InChI is InChI=1S/C20H23BrN4S/c21-16-1-2-18-17(6-16)15(10-22-18)11-23-25-19(26)24-20-7-12-3-13(8-20)5-14(4-12)9-20/h1-2,6,10-14,22H,3-5,7-9H2,(H2,24,25,26). The van der Waals surface area contributed by atoms with Gasteiger partial charge in [0, 0.05) is 32.7 Å². The van der Waals surface area contributed by atoms with Crippen molar-refractivity contribution in [3.63, 3.8) is 0 Å². The van der Waals surface area contributed by atoms with Crippen LogP contribution in [0.2, 0.25) is 0 Å². The van der Waals surface area contributed by atoms with E-state index in [1.54, 1.807) is 0 Å². The van der Waals surface area contributed by atoms with Crippen LogP contribution in [0.4, 0.5) is 0 Å². The first kappa shape index (κ1) is 16.8. The lowest BCUT2D eigenvalue weighted by atomic mass is 9.53. The highest BCUT2D eigenvalue weighted by Crippen LogP contribution is 2.55. The van der Waals surface area contributed by atoms with E-state index >= 15 is 0 Å². The fraction of sp³-hybridized carbons (Fsp3) is 0.500. The van der Waals surface area contributed by atoms with Crippen LogP contribution in [-0.2, 0) is 0 Å². The van der Waals surface area contributed by atoms with Crippen LogP contribution in [0, 0.1) is 17.8 Å². The molecule has 0 amide bonds. The Labute approximate surface area is 167 Å². The maximum atomic E-state index is 5.55. The van der Waals surface area contributed by atoms with Gasteiger partial charge in [-0.15, -0.1) is 0 Å². The van der Waals surface area contributed by atoms with E-state index in [1.165, 1.54) is 38.5 Å². The third-order valence-corrected chi connectivity index (χ3v) is 7.15. The van der Waals surface area contributed by atoms with Crippen LogP contribution in [0.1, 0.15) is 44.1 Å². The van der Waals surface area contributed by atoms with Crippen molar-refractivity contribution in [2.24, 2.45) is 22.9 Å². The van der Waals surface area contributed by atoms with Gasteiger partial charge in [-0.3, -0.25) is 5.43 Å². The summed E-state index contributed by atoms with van der Waals surface area (Å²) in [5.74, 6) is 2.72. The molecule has 4 aliphatic rings. The number of aromatic amines is 1. The van der Waals surface area contributed by atoms with Crippen molar-refractivity contribution < 1.29 is 0 Å². The first-order valence-electron chi connectivity index (χ1n) is 9.46. The normalized spacial score (nSPS) is 32.4. The van der Waals surface area contributed by atoms with Gasteiger partial charge in [0.2, 0.25) is 0 Å². The van der Waals surface area contributed by atoms with Gasteiger partial charge in [-0.2, -0.15) is 5.10 Å². The third-order valence-electron chi connectivity index (χ3n) is 6.46.